The molecular formula is C16H22N2O2. The van der Waals surface area contributed by atoms with Crippen molar-refractivity contribution in [1.82, 2.24) is 5.32 Å². The predicted molar refractivity (Wildman–Crippen MR) is 78.9 cm³/mol. The van der Waals surface area contributed by atoms with Crippen molar-refractivity contribution >= 4 is 11.6 Å². The van der Waals surface area contributed by atoms with E-state index in [4.69, 9.17) is 4.74 Å². The van der Waals surface area contributed by atoms with E-state index < -0.39 is 0 Å². The standard InChI is InChI=1S/C16H22N2O2/c1-12-6-7-13-4-2-3-5-15(13)18(12)16(19)10-14-11-20-9-8-17-14/h2-5,12,14,17H,6-11H2,1H3. The highest BCUT2D eigenvalue weighted by Gasteiger charge is 2.29. The van der Waals surface area contributed by atoms with Crippen LogP contribution in [0.5, 0.6) is 0 Å². The van der Waals surface area contributed by atoms with Crippen LogP contribution in [0.15, 0.2) is 24.3 Å². The summed E-state index contributed by atoms with van der Waals surface area (Å²) in [4.78, 5) is 14.7. The molecule has 1 fully saturated rings. The highest BCUT2D eigenvalue weighted by atomic mass is 16.5. The van der Waals surface area contributed by atoms with Gasteiger partial charge in [-0.25, -0.2) is 0 Å². The minimum absolute atomic E-state index is 0.150. The molecule has 2 atom stereocenters. The molecule has 2 aliphatic rings. The monoisotopic (exact) mass is 274 g/mol. The van der Waals surface area contributed by atoms with Gasteiger partial charge in [-0.05, 0) is 31.4 Å². The van der Waals surface area contributed by atoms with Crippen molar-refractivity contribution in [2.24, 2.45) is 0 Å². The molecule has 2 unspecified atom stereocenters. The van der Waals surface area contributed by atoms with Gasteiger partial charge in [0, 0.05) is 30.7 Å². The van der Waals surface area contributed by atoms with Crippen LogP contribution in [-0.2, 0) is 16.0 Å². The molecule has 1 aromatic rings. The van der Waals surface area contributed by atoms with Crippen LogP contribution in [0, 0.1) is 0 Å². The molecule has 0 saturated carbocycles. The van der Waals surface area contributed by atoms with Gasteiger partial charge in [0.05, 0.1) is 13.2 Å². The van der Waals surface area contributed by atoms with Crippen LogP contribution in [0.3, 0.4) is 0 Å². The average Bonchev–Trinajstić information content (AvgIpc) is 2.48. The molecule has 0 aromatic heterocycles. The number of anilines is 1. The molecule has 108 valence electrons. The number of ether oxygens (including phenoxy) is 1. The molecule has 1 N–H and O–H groups in total. The van der Waals surface area contributed by atoms with Gasteiger partial charge in [0.1, 0.15) is 0 Å². The van der Waals surface area contributed by atoms with Crippen LogP contribution in [-0.4, -0.2) is 37.7 Å². The summed E-state index contributed by atoms with van der Waals surface area (Å²) in [5.41, 5.74) is 2.37. The lowest BCUT2D eigenvalue weighted by atomic mass is 9.96. The number of nitrogens with zero attached hydrogens (tertiary/aromatic N) is 1. The Morgan fingerprint density at radius 1 is 1.45 bits per heavy atom. The van der Waals surface area contributed by atoms with E-state index >= 15 is 0 Å². The SMILES string of the molecule is CC1CCc2ccccc2N1C(=O)CC1COCCN1. The third-order valence-electron chi connectivity index (χ3n) is 4.21. The molecule has 20 heavy (non-hydrogen) atoms. The summed E-state index contributed by atoms with van der Waals surface area (Å²) in [6.07, 6.45) is 2.61. The fourth-order valence-electron chi connectivity index (χ4n) is 3.13. The fraction of sp³-hybridized carbons (Fsp3) is 0.562. The molecule has 1 aromatic carbocycles. The maximum atomic E-state index is 12.7. The van der Waals surface area contributed by atoms with Crippen molar-refractivity contribution in [2.75, 3.05) is 24.7 Å². The van der Waals surface area contributed by atoms with Crippen molar-refractivity contribution in [3.05, 3.63) is 29.8 Å². The quantitative estimate of drug-likeness (QED) is 0.893. The number of hydrogen-bond donors (Lipinski definition) is 1. The summed E-state index contributed by atoms with van der Waals surface area (Å²) in [6, 6.07) is 8.68. The summed E-state index contributed by atoms with van der Waals surface area (Å²) in [6.45, 7) is 4.35. The van der Waals surface area contributed by atoms with Crippen molar-refractivity contribution in [3.63, 3.8) is 0 Å². The third kappa shape index (κ3) is 2.72. The summed E-state index contributed by atoms with van der Waals surface area (Å²) in [7, 11) is 0. The normalized spacial score (nSPS) is 26.1. The molecule has 4 heteroatoms. The van der Waals surface area contributed by atoms with Gasteiger partial charge in [-0.2, -0.15) is 0 Å². The van der Waals surface area contributed by atoms with Crippen LogP contribution in [0.25, 0.3) is 0 Å². The van der Waals surface area contributed by atoms with Gasteiger partial charge >= 0.3 is 0 Å². The Morgan fingerprint density at radius 2 is 2.30 bits per heavy atom. The fourth-order valence-corrected chi connectivity index (χ4v) is 3.13. The van der Waals surface area contributed by atoms with E-state index in [1.54, 1.807) is 0 Å². The van der Waals surface area contributed by atoms with E-state index in [9.17, 15) is 4.79 Å². The second-order valence-corrected chi connectivity index (χ2v) is 5.71. The molecule has 0 bridgehead atoms. The van der Waals surface area contributed by atoms with E-state index in [2.05, 4.69) is 24.4 Å². The second-order valence-electron chi connectivity index (χ2n) is 5.71. The highest BCUT2D eigenvalue weighted by Crippen LogP contribution is 2.31. The first-order valence-electron chi connectivity index (χ1n) is 7.47. The number of morpholine rings is 1. The summed E-state index contributed by atoms with van der Waals surface area (Å²) in [5, 5.41) is 3.36. The summed E-state index contributed by atoms with van der Waals surface area (Å²) in [5.74, 6) is 0.202. The zero-order valence-corrected chi connectivity index (χ0v) is 12.0. The minimum atomic E-state index is 0.150. The van der Waals surface area contributed by atoms with E-state index in [1.165, 1.54) is 5.56 Å². The minimum Gasteiger partial charge on any atom is -0.378 e. The third-order valence-corrected chi connectivity index (χ3v) is 4.21. The first kappa shape index (κ1) is 13.6. The average molecular weight is 274 g/mol. The lowest BCUT2D eigenvalue weighted by molar-refractivity contribution is -0.120. The number of aryl methyl sites for hydroxylation is 1. The van der Waals surface area contributed by atoms with E-state index in [0.29, 0.717) is 13.0 Å². The number of carbonyl (C=O) groups is 1. The first-order chi connectivity index (χ1) is 9.75. The van der Waals surface area contributed by atoms with Crippen LogP contribution in [0.2, 0.25) is 0 Å². The van der Waals surface area contributed by atoms with Crippen molar-refractivity contribution in [2.45, 2.75) is 38.3 Å². The van der Waals surface area contributed by atoms with Gasteiger partial charge in [0.15, 0.2) is 0 Å². The van der Waals surface area contributed by atoms with Crippen molar-refractivity contribution in [3.8, 4) is 0 Å². The Balaban J connectivity index is 1.76. The van der Waals surface area contributed by atoms with E-state index in [0.717, 1.165) is 31.7 Å². The topological polar surface area (TPSA) is 41.6 Å². The number of amides is 1. The smallest absolute Gasteiger partial charge is 0.228 e. The van der Waals surface area contributed by atoms with E-state index in [-0.39, 0.29) is 18.0 Å². The van der Waals surface area contributed by atoms with Crippen LogP contribution >= 0.6 is 0 Å². The van der Waals surface area contributed by atoms with Crippen LogP contribution in [0.4, 0.5) is 5.69 Å². The van der Waals surface area contributed by atoms with Crippen molar-refractivity contribution < 1.29 is 9.53 Å². The van der Waals surface area contributed by atoms with Gasteiger partial charge in [0.25, 0.3) is 0 Å². The summed E-state index contributed by atoms with van der Waals surface area (Å²) >= 11 is 0. The number of carbonyl (C=O) groups excluding carboxylic acids is 1. The van der Waals surface area contributed by atoms with E-state index in [1.807, 2.05) is 17.0 Å². The predicted octanol–water partition coefficient (Wildman–Crippen LogP) is 1.73. The second kappa shape index (κ2) is 5.94. The largest absolute Gasteiger partial charge is 0.378 e. The maximum absolute atomic E-state index is 12.7. The lowest BCUT2D eigenvalue weighted by Gasteiger charge is -2.36. The Bertz CT molecular complexity index is 483. The van der Waals surface area contributed by atoms with Gasteiger partial charge in [0.2, 0.25) is 5.91 Å². The number of hydrogen-bond acceptors (Lipinski definition) is 3. The number of nitrogens with one attached hydrogen (secondary N) is 1. The zero-order chi connectivity index (χ0) is 13.9. The van der Waals surface area contributed by atoms with Gasteiger partial charge in [-0.15, -0.1) is 0 Å². The molecule has 4 nitrogen and oxygen atoms in total. The zero-order valence-electron chi connectivity index (χ0n) is 12.0. The molecule has 1 amide bonds. The van der Waals surface area contributed by atoms with Gasteiger partial charge < -0.3 is 15.0 Å². The molecule has 0 radical (unpaired) electrons. The molecule has 1 saturated heterocycles. The Labute approximate surface area is 120 Å². The Hall–Kier alpha value is -1.39. The van der Waals surface area contributed by atoms with Gasteiger partial charge in [-0.1, -0.05) is 18.2 Å². The maximum Gasteiger partial charge on any atom is 0.228 e. The first-order valence-corrected chi connectivity index (χ1v) is 7.47. The van der Waals surface area contributed by atoms with Crippen LogP contribution < -0.4 is 10.2 Å². The Morgan fingerprint density at radius 3 is 3.10 bits per heavy atom. The Kier molecular flexibility index (Phi) is 4.03. The lowest BCUT2D eigenvalue weighted by Crippen LogP contribution is -2.48. The van der Waals surface area contributed by atoms with Gasteiger partial charge in [-0.3, -0.25) is 4.79 Å². The molecular weight excluding hydrogens is 252 g/mol. The highest BCUT2D eigenvalue weighted by molar-refractivity contribution is 5.95. The molecule has 0 aliphatic carbocycles. The van der Waals surface area contributed by atoms with Crippen LogP contribution in [0.1, 0.15) is 25.3 Å². The number of benzene rings is 1. The number of para-hydroxylation sites is 1. The summed E-state index contributed by atoms with van der Waals surface area (Å²) < 4.78 is 5.43. The molecule has 0 spiro atoms. The molecule has 2 heterocycles. The molecule has 2 aliphatic heterocycles. The molecule has 3 rings (SSSR count). The number of fused-ring (bicyclic) bond motifs is 1. The van der Waals surface area contributed by atoms with Crippen molar-refractivity contribution in [1.29, 1.82) is 0 Å². The number of rotatable bonds is 2.